The van der Waals surface area contributed by atoms with Crippen LogP contribution in [-0.4, -0.2) is 57.2 Å². The molecule has 2 saturated heterocycles. The fraction of sp³-hybridized carbons (Fsp3) is 0.360. The van der Waals surface area contributed by atoms with Gasteiger partial charge in [0.05, 0.1) is 12.0 Å². The molecule has 1 aromatic heterocycles. The third-order valence-electron chi connectivity index (χ3n) is 6.67. The number of amides is 2. The van der Waals surface area contributed by atoms with E-state index in [4.69, 9.17) is 17.0 Å². The Labute approximate surface area is 207 Å². The monoisotopic (exact) mass is 495 g/mol. The summed E-state index contributed by atoms with van der Waals surface area (Å²) in [4.78, 5) is 42.2. The van der Waals surface area contributed by atoms with Gasteiger partial charge in [-0.05, 0) is 42.2 Å². The Balaban J connectivity index is 1.22. The molecular weight excluding hydrogens is 470 g/mol. The molecule has 0 saturated carbocycles. The molecule has 0 unspecified atom stereocenters. The number of hydrogen-bond donors (Lipinski definition) is 0. The Morgan fingerprint density at radius 2 is 1.94 bits per heavy atom. The van der Waals surface area contributed by atoms with Crippen LogP contribution in [0.15, 0.2) is 52.2 Å². The number of rotatable bonds is 5. The van der Waals surface area contributed by atoms with E-state index in [-0.39, 0.29) is 42.2 Å². The van der Waals surface area contributed by atoms with Crippen molar-refractivity contribution in [2.75, 3.05) is 26.7 Å². The van der Waals surface area contributed by atoms with Crippen LogP contribution in [0.4, 0.5) is 0 Å². The number of ether oxygens (including phenoxy) is 1. The fourth-order valence-electron chi connectivity index (χ4n) is 5.01. The van der Waals surface area contributed by atoms with Gasteiger partial charge in [-0.3, -0.25) is 19.3 Å². The van der Waals surface area contributed by atoms with Crippen molar-refractivity contribution in [1.82, 2.24) is 14.4 Å². The van der Waals surface area contributed by atoms with E-state index in [2.05, 4.69) is 0 Å². The predicted octanol–water partition coefficient (Wildman–Crippen LogP) is 3.09. The van der Waals surface area contributed by atoms with Crippen LogP contribution in [0, 0.1) is 5.92 Å². The van der Waals surface area contributed by atoms with E-state index in [1.54, 1.807) is 19.2 Å². The highest BCUT2D eigenvalue weighted by Gasteiger charge is 2.37. The number of likely N-dealkylation sites (tertiary alicyclic amines) is 1. The first-order valence-electron chi connectivity index (χ1n) is 11.3. The van der Waals surface area contributed by atoms with E-state index in [0.717, 1.165) is 23.4 Å². The summed E-state index contributed by atoms with van der Waals surface area (Å²) in [5, 5.41) is 0. The average Bonchev–Trinajstić information content (AvgIpc) is 3.10. The fourth-order valence-corrected chi connectivity index (χ4v) is 6.32. The van der Waals surface area contributed by atoms with Crippen molar-refractivity contribution in [3.05, 3.63) is 69.0 Å². The highest BCUT2D eigenvalue weighted by molar-refractivity contribution is 8.26. The van der Waals surface area contributed by atoms with E-state index < -0.39 is 0 Å². The molecular formula is C25H25N3O4S2. The van der Waals surface area contributed by atoms with Crippen LogP contribution < -0.4 is 10.3 Å². The molecule has 0 aliphatic carbocycles. The summed E-state index contributed by atoms with van der Waals surface area (Å²) in [6.45, 7) is 2.17. The molecule has 2 bridgehead atoms. The topological polar surface area (TPSA) is 71.8 Å². The lowest BCUT2D eigenvalue weighted by Crippen LogP contribution is -2.49. The maximum Gasteiger partial charge on any atom is 0.266 e. The van der Waals surface area contributed by atoms with E-state index >= 15 is 0 Å². The summed E-state index contributed by atoms with van der Waals surface area (Å²) in [5.74, 6) is 1.06. The molecule has 7 nitrogen and oxygen atoms in total. The van der Waals surface area contributed by atoms with E-state index in [1.165, 1.54) is 16.7 Å². The standard InChI is InChI=1S/C25H25N3O4S2/c1-32-19-7-5-16(6-8-19)12-21-24(31)27(25(33)34-21)10-9-22(29)26-13-17-11-18(15-26)20-3-2-4-23(30)28(20)14-17/h2-8,12,17-18H,9-11,13-15H2,1H3/b21-12+/t17-,18-/m1/s1. The minimum Gasteiger partial charge on any atom is -0.497 e. The molecule has 2 fully saturated rings. The van der Waals surface area contributed by atoms with Crippen molar-refractivity contribution in [3.8, 4) is 5.75 Å². The van der Waals surface area contributed by atoms with Crippen molar-refractivity contribution < 1.29 is 14.3 Å². The number of methoxy groups -OCH3 is 1. The first kappa shape index (κ1) is 22.9. The SMILES string of the molecule is COc1ccc(/C=C2/SC(=S)N(CCC(=O)N3C[C@H]4C[C@H](C3)c3cccc(=O)n3C4)C2=O)cc1. The second-order valence-electron chi connectivity index (χ2n) is 8.85. The van der Waals surface area contributed by atoms with Crippen LogP contribution in [0.2, 0.25) is 0 Å². The van der Waals surface area contributed by atoms with E-state index in [1.807, 2.05) is 45.9 Å². The zero-order valence-electron chi connectivity index (χ0n) is 18.8. The molecule has 3 aliphatic rings. The maximum absolute atomic E-state index is 13.1. The first-order chi connectivity index (χ1) is 16.4. The molecule has 0 radical (unpaired) electrons. The third-order valence-corrected chi connectivity index (χ3v) is 8.05. The minimum atomic E-state index is -0.164. The number of thiocarbonyl (C=S) groups is 1. The smallest absolute Gasteiger partial charge is 0.266 e. The van der Waals surface area contributed by atoms with Gasteiger partial charge in [0, 0.05) is 50.3 Å². The zero-order chi connectivity index (χ0) is 23.8. The van der Waals surface area contributed by atoms with E-state index in [0.29, 0.717) is 28.9 Å². The largest absolute Gasteiger partial charge is 0.497 e. The van der Waals surface area contributed by atoms with Crippen molar-refractivity contribution in [1.29, 1.82) is 0 Å². The van der Waals surface area contributed by atoms with Crippen molar-refractivity contribution >= 4 is 46.2 Å². The van der Waals surface area contributed by atoms with Crippen LogP contribution in [0.5, 0.6) is 5.75 Å². The molecule has 176 valence electrons. The number of benzene rings is 1. The molecule has 2 aromatic rings. The van der Waals surface area contributed by atoms with Crippen LogP contribution in [0.1, 0.15) is 30.0 Å². The van der Waals surface area contributed by atoms with Crippen molar-refractivity contribution in [2.45, 2.75) is 25.3 Å². The number of pyridine rings is 1. The molecule has 3 aliphatic heterocycles. The van der Waals surface area contributed by atoms with Gasteiger partial charge in [-0.1, -0.05) is 42.2 Å². The molecule has 34 heavy (non-hydrogen) atoms. The Morgan fingerprint density at radius 3 is 2.71 bits per heavy atom. The Kier molecular flexibility index (Phi) is 6.31. The highest BCUT2D eigenvalue weighted by atomic mass is 32.2. The Morgan fingerprint density at radius 1 is 1.15 bits per heavy atom. The van der Waals surface area contributed by atoms with Gasteiger partial charge >= 0.3 is 0 Å². The summed E-state index contributed by atoms with van der Waals surface area (Å²) in [6.07, 6.45) is 3.03. The zero-order valence-corrected chi connectivity index (χ0v) is 20.4. The molecule has 0 spiro atoms. The van der Waals surface area contributed by atoms with Crippen LogP contribution in [0.3, 0.4) is 0 Å². The van der Waals surface area contributed by atoms with Gasteiger partial charge in [0.15, 0.2) is 0 Å². The highest BCUT2D eigenvalue weighted by Crippen LogP contribution is 2.36. The summed E-state index contributed by atoms with van der Waals surface area (Å²) in [6, 6.07) is 12.8. The molecule has 1 aromatic carbocycles. The van der Waals surface area contributed by atoms with Gasteiger partial charge in [-0.25, -0.2) is 0 Å². The number of aromatic nitrogens is 1. The number of fused-ring (bicyclic) bond motifs is 4. The first-order valence-corrected chi connectivity index (χ1v) is 12.5. The van der Waals surface area contributed by atoms with Crippen molar-refractivity contribution in [2.24, 2.45) is 5.92 Å². The number of hydrogen-bond acceptors (Lipinski definition) is 6. The van der Waals surface area contributed by atoms with Gasteiger partial charge in [-0.15, -0.1) is 0 Å². The normalized spacial score (nSPS) is 22.8. The van der Waals surface area contributed by atoms with Gasteiger partial charge in [0.2, 0.25) is 5.91 Å². The second-order valence-corrected chi connectivity index (χ2v) is 10.5. The van der Waals surface area contributed by atoms with Gasteiger partial charge in [0.1, 0.15) is 10.1 Å². The minimum absolute atomic E-state index is 0.0228. The van der Waals surface area contributed by atoms with Crippen LogP contribution in [-0.2, 0) is 16.1 Å². The van der Waals surface area contributed by atoms with Gasteiger partial charge in [0.25, 0.3) is 11.5 Å². The lowest BCUT2D eigenvalue weighted by molar-refractivity contribution is -0.134. The average molecular weight is 496 g/mol. The second kappa shape index (κ2) is 9.38. The predicted molar refractivity (Wildman–Crippen MR) is 136 cm³/mol. The molecule has 5 rings (SSSR count). The number of thioether (sulfide) groups is 1. The number of piperidine rings is 1. The molecule has 0 N–H and O–H groups in total. The summed E-state index contributed by atoms with van der Waals surface area (Å²) >= 11 is 6.69. The van der Waals surface area contributed by atoms with Crippen molar-refractivity contribution in [3.63, 3.8) is 0 Å². The number of nitrogens with zero attached hydrogens (tertiary/aromatic N) is 3. The lowest BCUT2D eigenvalue weighted by atomic mass is 9.83. The Hall–Kier alpha value is -2.91. The summed E-state index contributed by atoms with van der Waals surface area (Å²) < 4.78 is 7.50. The van der Waals surface area contributed by atoms with E-state index in [9.17, 15) is 14.4 Å². The number of carbonyl (C=O) groups excluding carboxylic acids is 2. The summed E-state index contributed by atoms with van der Waals surface area (Å²) in [5.41, 5.74) is 1.93. The van der Waals surface area contributed by atoms with Gasteiger partial charge < -0.3 is 14.2 Å². The van der Waals surface area contributed by atoms with Gasteiger partial charge in [-0.2, -0.15) is 0 Å². The molecule has 4 heterocycles. The molecule has 2 amide bonds. The molecule has 9 heteroatoms. The quantitative estimate of drug-likeness (QED) is 0.469. The summed E-state index contributed by atoms with van der Waals surface area (Å²) in [7, 11) is 1.61. The van der Waals surface area contributed by atoms with Crippen LogP contribution >= 0.6 is 24.0 Å². The maximum atomic E-state index is 13.1. The lowest BCUT2D eigenvalue weighted by Gasteiger charge is -2.42. The number of carbonyl (C=O) groups is 2. The third kappa shape index (κ3) is 4.42. The van der Waals surface area contributed by atoms with Crippen LogP contribution in [0.25, 0.3) is 6.08 Å². The molecule has 2 atom stereocenters. The Bertz CT molecular complexity index is 1240.